The first-order chi connectivity index (χ1) is 8.83. The summed E-state index contributed by atoms with van der Waals surface area (Å²) >= 11 is 0. The lowest BCUT2D eigenvalue weighted by Crippen LogP contribution is -2.44. The third-order valence-electron chi connectivity index (χ3n) is 3.67. The van der Waals surface area contributed by atoms with E-state index in [2.05, 4.69) is 58.3 Å². The molecule has 0 aliphatic carbocycles. The molecule has 3 heteroatoms. The zero-order valence-electron chi connectivity index (χ0n) is 10.8. The van der Waals surface area contributed by atoms with Crippen LogP contribution < -0.4 is 4.90 Å². The molecule has 18 heavy (non-hydrogen) atoms. The first-order valence-electron chi connectivity index (χ1n) is 6.58. The Kier molecular flexibility index (Phi) is 3.15. The Morgan fingerprint density at radius 1 is 1.00 bits per heavy atom. The van der Waals surface area contributed by atoms with Gasteiger partial charge in [0.1, 0.15) is 0 Å². The van der Waals surface area contributed by atoms with Gasteiger partial charge in [0.15, 0.2) is 0 Å². The SMILES string of the molecule is CN1CCN(c2ccc(C3=NCC=C3)cc2)CC1. The lowest BCUT2D eigenvalue weighted by molar-refractivity contribution is 0.313. The molecule has 1 fully saturated rings. The molecule has 0 bridgehead atoms. The average Bonchev–Trinajstić information content (AvgIpc) is 2.94. The molecule has 0 aromatic heterocycles. The van der Waals surface area contributed by atoms with E-state index in [-0.39, 0.29) is 0 Å². The number of anilines is 1. The minimum Gasteiger partial charge on any atom is -0.369 e. The summed E-state index contributed by atoms with van der Waals surface area (Å²) in [4.78, 5) is 9.28. The molecule has 0 amide bonds. The maximum absolute atomic E-state index is 4.44. The molecule has 94 valence electrons. The van der Waals surface area contributed by atoms with Gasteiger partial charge in [0.2, 0.25) is 0 Å². The monoisotopic (exact) mass is 241 g/mol. The summed E-state index contributed by atoms with van der Waals surface area (Å²) in [5, 5.41) is 0. The minimum absolute atomic E-state index is 0.829. The highest BCUT2D eigenvalue weighted by atomic mass is 15.2. The summed E-state index contributed by atoms with van der Waals surface area (Å²) in [6, 6.07) is 8.80. The molecule has 0 unspecified atom stereocenters. The first kappa shape index (κ1) is 11.5. The van der Waals surface area contributed by atoms with Crippen molar-refractivity contribution in [1.82, 2.24) is 4.90 Å². The number of aliphatic imine (C=N–C) groups is 1. The molecule has 0 radical (unpaired) electrons. The first-order valence-corrected chi connectivity index (χ1v) is 6.58. The lowest BCUT2D eigenvalue weighted by Gasteiger charge is -2.34. The molecule has 2 aliphatic rings. The fourth-order valence-electron chi connectivity index (χ4n) is 2.46. The molecule has 0 atom stereocenters. The second kappa shape index (κ2) is 4.94. The highest BCUT2D eigenvalue weighted by molar-refractivity contribution is 6.09. The van der Waals surface area contributed by atoms with E-state index in [1.807, 2.05) is 0 Å². The van der Waals surface area contributed by atoms with Gasteiger partial charge < -0.3 is 9.80 Å². The van der Waals surface area contributed by atoms with Gasteiger partial charge >= 0.3 is 0 Å². The van der Waals surface area contributed by atoms with Crippen molar-refractivity contribution < 1.29 is 0 Å². The van der Waals surface area contributed by atoms with Crippen LogP contribution in [0, 0.1) is 0 Å². The number of hydrogen-bond acceptors (Lipinski definition) is 3. The summed E-state index contributed by atoms with van der Waals surface area (Å²) in [7, 11) is 2.19. The summed E-state index contributed by atoms with van der Waals surface area (Å²) < 4.78 is 0. The van der Waals surface area contributed by atoms with E-state index in [1.165, 1.54) is 11.3 Å². The Hall–Kier alpha value is -1.61. The molecule has 0 spiro atoms. The second-order valence-corrected chi connectivity index (χ2v) is 4.97. The number of piperazine rings is 1. The third kappa shape index (κ3) is 2.31. The molecular formula is C15H19N3. The van der Waals surface area contributed by atoms with Crippen LogP contribution >= 0.6 is 0 Å². The summed E-state index contributed by atoms with van der Waals surface area (Å²) in [5.74, 6) is 0. The fraction of sp³-hybridized carbons (Fsp3) is 0.400. The van der Waals surface area contributed by atoms with Crippen LogP contribution in [-0.4, -0.2) is 50.4 Å². The van der Waals surface area contributed by atoms with Crippen LogP contribution in [0.1, 0.15) is 5.56 Å². The van der Waals surface area contributed by atoms with Crippen LogP contribution in [0.3, 0.4) is 0 Å². The highest BCUT2D eigenvalue weighted by Crippen LogP contribution is 2.18. The van der Waals surface area contributed by atoms with Gasteiger partial charge in [-0.15, -0.1) is 0 Å². The van der Waals surface area contributed by atoms with Crippen LogP contribution in [0.5, 0.6) is 0 Å². The molecule has 1 saturated heterocycles. The quantitative estimate of drug-likeness (QED) is 0.786. The van der Waals surface area contributed by atoms with Crippen LogP contribution in [0.4, 0.5) is 5.69 Å². The zero-order chi connectivity index (χ0) is 12.4. The summed E-state index contributed by atoms with van der Waals surface area (Å²) in [6.45, 7) is 5.37. The number of allylic oxidation sites excluding steroid dienone is 1. The van der Waals surface area contributed by atoms with E-state index in [0.717, 1.165) is 38.4 Å². The Balaban J connectivity index is 1.73. The summed E-state index contributed by atoms with van der Waals surface area (Å²) in [5.41, 5.74) is 3.66. The second-order valence-electron chi connectivity index (χ2n) is 4.97. The minimum atomic E-state index is 0.829. The Bertz CT molecular complexity index is 465. The lowest BCUT2D eigenvalue weighted by atomic mass is 10.1. The van der Waals surface area contributed by atoms with Crippen LogP contribution in [0.15, 0.2) is 41.4 Å². The molecule has 3 rings (SSSR count). The Morgan fingerprint density at radius 3 is 2.33 bits per heavy atom. The average molecular weight is 241 g/mol. The van der Waals surface area contributed by atoms with E-state index < -0.39 is 0 Å². The van der Waals surface area contributed by atoms with E-state index in [0.29, 0.717) is 0 Å². The molecule has 0 saturated carbocycles. The van der Waals surface area contributed by atoms with Crippen molar-refractivity contribution in [2.75, 3.05) is 44.7 Å². The van der Waals surface area contributed by atoms with Crippen molar-refractivity contribution in [1.29, 1.82) is 0 Å². The number of likely N-dealkylation sites (N-methyl/N-ethyl adjacent to an activating group) is 1. The predicted molar refractivity (Wildman–Crippen MR) is 76.7 cm³/mol. The van der Waals surface area contributed by atoms with Gasteiger partial charge in [-0.2, -0.15) is 0 Å². The van der Waals surface area contributed by atoms with E-state index in [4.69, 9.17) is 0 Å². The number of nitrogens with zero attached hydrogens (tertiary/aromatic N) is 3. The molecule has 0 N–H and O–H groups in total. The number of benzene rings is 1. The van der Waals surface area contributed by atoms with Gasteiger partial charge in [-0.3, -0.25) is 4.99 Å². The van der Waals surface area contributed by atoms with Crippen molar-refractivity contribution >= 4 is 11.4 Å². The van der Waals surface area contributed by atoms with Gasteiger partial charge in [0, 0.05) is 31.9 Å². The Morgan fingerprint density at radius 2 is 1.72 bits per heavy atom. The van der Waals surface area contributed by atoms with Gasteiger partial charge in [0.05, 0.1) is 12.3 Å². The normalized spacial score (nSPS) is 20.3. The molecule has 3 nitrogen and oxygen atoms in total. The number of hydrogen-bond donors (Lipinski definition) is 0. The maximum Gasteiger partial charge on any atom is 0.0647 e. The predicted octanol–water partition coefficient (Wildman–Crippen LogP) is 1.80. The smallest absolute Gasteiger partial charge is 0.0647 e. The van der Waals surface area contributed by atoms with E-state index in [9.17, 15) is 0 Å². The maximum atomic E-state index is 4.44. The third-order valence-corrected chi connectivity index (χ3v) is 3.67. The number of rotatable bonds is 2. The van der Waals surface area contributed by atoms with Crippen molar-refractivity contribution in [2.45, 2.75) is 0 Å². The van der Waals surface area contributed by atoms with Crippen LogP contribution in [0.25, 0.3) is 0 Å². The van der Waals surface area contributed by atoms with E-state index >= 15 is 0 Å². The molecule has 2 heterocycles. The van der Waals surface area contributed by atoms with Crippen molar-refractivity contribution in [3.05, 3.63) is 42.0 Å². The molecule has 2 aliphatic heterocycles. The standard InChI is InChI=1S/C15H19N3/c1-17-9-11-18(12-10-17)14-6-4-13(5-7-14)15-3-2-8-16-15/h2-7H,8-12H2,1H3. The largest absolute Gasteiger partial charge is 0.369 e. The molecule has 1 aromatic rings. The van der Waals surface area contributed by atoms with Gasteiger partial charge in [-0.1, -0.05) is 18.2 Å². The van der Waals surface area contributed by atoms with Gasteiger partial charge in [-0.05, 0) is 30.8 Å². The van der Waals surface area contributed by atoms with E-state index in [1.54, 1.807) is 0 Å². The zero-order valence-corrected chi connectivity index (χ0v) is 10.8. The molecular weight excluding hydrogens is 222 g/mol. The van der Waals surface area contributed by atoms with Crippen molar-refractivity contribution in [3.63, 3.8) is 0 Å². The van der Waals surface area contributed by atoms with Crippen LogP contribution in [-0.2, 0) is 0 Å². The highest BCUT2D eigenvalue weighted by Gasteiger charge is 2.14. The topological polar surface area (TPSA) is 18.8 Å². The van der Waals surface area contributed by atoms with Crippen molar-refractivity contribution in [3.8, 4) is 0 Å². The molecule has 1 aromatic carbocycles. The van der Waals surface area contributed by atoms with Gasteiger partial charge in [-0.25, -0.2) is 0 Å². The summed E-state index contributed by atoms with van der Waals surface area (Å²) in [6.07, 6.45) is 4.20. The van der Waals surface area contributed by atoms with Crippen molar-refractivity contribution in [2.24, 2.45) is 4.99 Å². The van der Waals surface area contributed by atoms with Gasteiger partial charge in [0.25, 0.3) is 0 Å². The fourth-order valence-corrected chi connectivity index (χ4v) is 2.46. The Labute approximate surface area is 108 Å². The van der Waals surface area contributed by atoms with Crippen LogP contribution in [0.2, 0.25) is 0 Å².